The summed E-state index contributed by atoms with van der Waals surface area (Å²) in [5, 5.41) is 0. The van der Waals surface area contributed by atoms with Crippen LogP contribution in [0.25, 0.3) is 0 Å². The van der Waals surface area contributed by atoms with E-state index in [-0.39, 0.29) is 0 Å². The Labute approximate surface area is 132 Å². The van der Waals surface area contributed by atoms with Crippen molar-refractivity contribution in [2.45, 2.75) is 85.0 Å². The minimum Gasteiger partial charge on any atom is -0.300 e. The van der Waals surface area contributed by atoms with Crippen LogP contribution < -0.4 is 0 Å². The van der Waals surface area contributed by atoms with Gasteiger partial charge in [-0.25, -0.2) is 0 Å². The summed E-state index contributed by atoms with van der Waals surface area (Å²) < 4.78 is 0. The highest BCUT2D eigenvalue weighted by Crippen LogP contribution is 2.12. The number of ketones is 1. The Bertz CT molecular complexity index is 334. The summed E-state index contributed by atoms with van der Waals surface area (Å²) in [5.74, 6) is 0.326. The van der Waals surface area contributed by atoms with Crippen LogP contribution in [0.4, 0.5) is 0 Å². The molecule has 0 atom stereocenters. The molecule has 1 nitrogen and oxygen atoms in total. The number of rotatable bonds is 13. The van der Waals surface area contributed by atoms with Gasteiger partial charge < -0.3 is 4.79 Å². The fraction of sp³-hybridized carbons (Fsp3) is 0.650. The molecule has 0 saturated heterocycles. The molecule has 0 fully saturated rings. The molecule has 21 heavy (non-hydrogen) atoms. The van der Waals surface area contributed by atoms with E-state index in [1.165, 1.54) is 37.7 Å². The fourth-order valence-electron chi connectivity index (χ4n) is 2.21. The average Bonchev–Trinajstić information content (AvgIpc) is 2.45. The summed E-state index contributed by atoms with van der Waals surface area (Å²) >= 11 is 0. The lowest BCUT2D eigenvalue weighted by Crippen LogP contribution is -1.89. The Balaban J connectivity index is 3.47. The molecular weight excluding hydrogens is 256 g/mol. The van der Waals surface area contributed by atoms with Gasteiger partial charge in [-0.05, 0) is 52.4 Å². The number of hydrogen-bond donors (Lipinski definition) is 0. The van der Waals surface area contributed by atoms with Gasteiger partial charge in [0.1, 0.15) is 5.78 Å². The Hall–Kier alpha value is -1.11. The zero-order chi connectivity index (χ0) is 15.8. The number of carbonyl (C=O) groups excluding carboxylic acids is 1. The second-order valence-corrected chi connectivity index (χ2v) is 5.84. The lowest BCUT2D eigenvalue weighted by atomic mass is 10.0. The van der Waals surface area contributed by atoms with Gasteiger partial charge in [0.2, 0.25) is 0 Å². The Morgan fingerprint density at radius 2 is 1.33 bits per heavy atom. The third-order valence-corrected chi connectivity index (χ3v) is 3.54. The standard InChI is InChI=1S/C20H34O/c1-4-5-6-7-8-10-13-16-19(2)17-14-11-9-12-15-18-20(3)21/h5-6,8,10,16H,4,7,9,11-15,17-18H2,1-3H3. The first-order valence-electron chi connectivity index (χ1n) is 8.61. The summed E-state index contributed by atoms with van der Waals surface area (Å²) in [6.07, 6.45) is 22.6. The second-order valence-electron chi connectivity index (χ2n) is 5.84. The van der Waals surface area contributed by atoms with E-state index in [1.807, 2.05) is 0 Å². The molecule has 0 aromatic carbocycles. The highest BCUT2D eigenvalue weighted by Gasteiger charge is 1.95. The van der Waals surface area contributed by atoms with Gasteiger partial charge in [0, 0.05) is 6.42 Å². The fourth-order valence-corrected chi connectivity index (χ4v) is 2.21. The predicted molar refractivity (Wildman–Crippen MR) is 94.6 cm³/mol. The van der Waals surface area contributed by atoms with Crippen LogP contribution >= 0.6 is 0 Å². The molecule has 0 aromatic rings. The molecule has 0 unspecified atom stereocenters. The van der Waals surface area contributed by atoms with Gasteiger partial charge in [0.25, 0.3) is 0 Å². The first kappa shape index (κ1) is 19.9. The number of unbranched alkanes of at least 4 members (excludes halogenated alkanes) is 4. The maximum Gasteiger partial charge on any atom is 0.129 e. The smallest absolute Gasteiger partial charge is 0.129 e. The van der Waals surface area contributed by atoms with Gasteiger partial charge in [-0.1, -0.05) is 62.1 Å². The Morgan fingerprint density at radius 1 is 0.762 bits per heavy atom. The van der Waals surface area contributed by atoms with Gasteiger partial charge in [0.15, 0.2) is 0 Å². The molecule has 0 saturated carbocycles. The van der Waals surface area contributed by atoms with Crippen molar-refractivity contribution >= 4 is 5.78 Å². The highest BCUT2D eigenvalue weighted by atomic mass is 16.1. The third kappa shape index (κ3) is 16.8. The van der Waals surface area contributed by atoms with E-state index in [0.717, 1.165) is 32.1 Å². The number of carbonyl (C=O) groups is 1. The minimum absolute atomic E-state index is 0.326. The predicted octanol–water partition coefficient (Wildman–Crippen LogP) is 6.56. The summed E-state index contributed by atoms with van der Waals surface area (Å²) in [5.41, 5.74) is 1.51. The molecule has 0 rings (SSSR count). The van der Waals surface area contributed by atoms with E-state index >= 15 is 0 Å². The Morgan fingerprint density at radius 3 is 2.00 bits per heavy atom. The van der Waals surface area contributed by atoms with Crippen LogP contribution in [0, 0.1) is 0 Å². The average molecular weight is 290 g/mol. The zero-order valence-corrected chi connectivity index (χ0v) is 14.4. The maximum absolute atomic E-state index is 10.8. The van der Waals surface area contributed by atoms with Crippen LogP contribution in [0.15, 0.2) is 36.0 Å². The zero-order valence-electron chi connectivity index (χ0n) is 14.4. The first-order valence-corrected chi connectivity index (χ1v) is 8.61. The van der Waals surface area contributed by atoms with Gasteiger partial charge in [-0.2, -0.15) is 0 Å². The molecule has 0 radical (unpaired) electrons. The normalized spacial score (nSPS) is 12.6. The Kier molecular flexibility index (Phi) is 14.5. The van der Waals surface area contributed by atoms with Crippen LogP contribution in [-0.4, -0.2) is 5.78 Å². The molecule has 0 bridgehead atoms. The van der Waals surface area contributed by atoms with Gasteiger partial charge >= 0.3 is 0 Å². The third-order valence-electron chi connectivity index (χ3n) is 3.54. The molecule has 0 heterocycles. The van der Waals surface area contributed by atoms with Crippen molar-refractivity contribution in [2.75, 3.05) is 0 Å². The molecule has 0 N–H and O–H groups in total. The summed E-state index contributed by atoms with van der Waals surface area (Å²) in [6, 6.07) is 0. The number of Topliss-reactive ketones (excluding diaryl/α,β-unsaturated/α-hetero) is 1. The first-order chi connectivity index (χ1) is 10.2. The molecule has 120 valence electrons. The van der Waals surface area contributed by atoms with E-state index < -0.39 is 0 Å². The van der Waals surface area contributed by atoms with Crippen molar-refractivity contribution in [3.63, 3.8) is 0 Å². The lowest BCUT2D eigenvalue weighted by molar-refractivity contribution is -0.117. The van der Waals surface area contributed by atoms with Crippen LogP contribution in [0.2, 0.25) is 0 Å². The summed E-state index contributed by atoms with van der Waals surface area (Å²) in [7, 11) is 0. The van der Waals surface area contributed by atoms with Crippen molar-refractivity contribution in [3.05, 3.63) is 36.0 Å². The summed E-state index contributed by atoms with van der Waals surface area (Å²) in [6.45, 7) is 6.08. The van der Waals surface area contributed by atoms with Crippen molar-refractivity contribution < 1.29 is 4.79 Å². The second kappa shape index (κ2) is 15.3. The van der Waals surface area contributed by atoms with Gasteiger partial charge in [0.05, 0.1) is 0 Å². The van der Waals surface area contributed by atoms with Gasteiger partial charge in [-0.15, -0.1) is 0 Å². The van der Waals surface area contributed by atoms with Crippen molar-refractivity contribution in [1.82, 2.24) is 0 Å². The monoisotopic (exact) mass is 290 g/mol. The molecule has 1 heteroatoms. The number of hydrogen-bond acceptors (Lipinski definition) is 1. The van der Waals surface area contributed by atoms with E-state index in [9.17, 15) is 4.79 Å². The van der Waals surface area contributed by atoms with Gasteiger partial charge in [-0.3, -0.25) is 0 Å². The van der Waals surface area contributed by atoms with Crippen molar-refractivity contribution in [1.29, 1.82) is 0 Å². The topological polar surface area (TPSA) is 17.1 Å². The highest BCUT2D eigenvalue weighted by molar-refractivity contribution is 5.75. The molecular formula is C20H34O. The van der Waals surface area contributed by atoms with E-state index in [0.29, 0.717) is 5.78 Å². The van der Waals surface area contributed by atoms with E-state index in [2.05, 4.69) is 44.2 Å². The minimum atomic E-state index is 0.326. The lowest BCUT2D eigenvalue weighted by Gasteiger charge is -2.02. The SMILES string of the molecule is CCC=CCC=CCC=C(C)CCCCCCCC(C)=O. The van der Waals surface area contributed by atoms with Crippen molar-refractivity contribution in [2.24, 2.45) is 0 Å². The molecule has 0 aliphatic carbocycles. The van der Waals surface area contributed by atoms with Crippen LogP contribution in [0.3, 0.4) is 0 Å². The molecule has 0 amide bonds. The molecule has 0 aromatic heterocycles. The van der Waals surface area contributed by atoms with Crippen LogP contribution in [-0.2, 0) is 4.79 Å². The van der Waals surface area contributed by atoms with Crippen LogP contribution in [0.1, 0.15) is 85.0 Å². The van der Waals surface area contributed by atoms with Crippen LogP contribution in [0.5, 0.6) is 0 Å². The maximum atomic E-state index is 10.8. The van der Waals surface area contributed by atoms with E-state index in [4.69, 9.17) is 0 Å². The number of allylic oxidation sites excluding steroid dienone is 6. The van der Waals surface area contributed by atoms with E-state index in [1.54, 1.807) is 6.92 Å². The molecule has 0 aliphatic rings. The molecule has 0 aliphatic heterocycles. The molecule has 0 spiro atoms. The summed E-state index contributed by atoms with van der Waals surface area (Å²) in [4.78, 5) is 10.8. The largest absolute Gasteiger partial charge is 0.300 e. The quantitative estimate of drug-likeness (QED) is 0.277. The van der Waals surface area contributed by atoms with Crippen molar-refractivity contribution in [3.8, 4) is 0 Å².